The Labute approximate surface area is 166 Å². The summed E-state index contributed by atoms with van der Waals surface area (Å²) in [5.74, 6) is 1.18. The molecule has 27 heavy (non-hydrogen) atoms. The molecule has 1 saturated carbocycles. The van der Waals surface area contributed by atoms with Gasteiger partial charge >= 0.3 is 0 Å². The Bertz CT molecular complexity index is 799. The normalized spacial score (nSPS) is 22.9. The van der Waals surface area contributed by atoms with Crippen LogP contribution in [0.4, 0.5) is 11.4 Å². The smallest absolute Gasteiger partial charge is 0.234 e. The van der Waals surface area contributed by atoms with Gasteiger partial charge in [-0.2, -0.15) is 0 Å². The summed E-state index contributed by atoms with van der Waals surface area (Å²) < 4.78 is 0. The zero-order valence-electron chi connectivity index (χ0n) is 16.2. The van der Waals surface area contributed by atoms with Gasteiger partial charge in [0.2, 0.25) is 5.91 Å². The molecule has 0 N–H and O–H groups in total. The van der Waals surface area contributed by atoms with Crippen LogP contribution in [-0.4, -0.2) is 5.91 Å². The van der Waals surface area contributed by atoms with Crippen LogP contribution in [0.25, 0.3) is 5.57 Å². The SMILES string of the molecule is CC1CCC(C(=O)N(c2ccccc2)c2csc(C3=CCCCC3)c2)CC1. The van der Waals surface area contributed by atoms with Crippen molar-refractivity contribution >= 4 is 34.2 Å². The maximum atomic E-state index is 13.5. The van der Waals surface area contributed by atoms with Crippen LogP contribution in [-0.2, 0) is 4.79 Å². The number of carbonyl (C=O) groups excluding carboxylic acids is 1. The molecule has 1 amide bonds. The van der Waals surface area contributed by atoms with E-state index < -0.39 is 0 Å². The zero-order chi connectivity index (χ0) is 18.6. The molecule has 0 atom stereocenters. The molecule has 0 bridgehead atoms. The Hall–Kier alpha value is -1.87. The van der Waals surface area contributed by atoms with Crippen LogP contribution in [0.15, 0.2) is 47.9 Å². The third kappa shape index (κ3) is 4.19. The quantitative estimate of drug-likeness (QED) is 0.550. The van der Waals surface area contributed by atoms with Gasteiger partial charge in [-0.05, 0) is 81.1 Å². The molecule has 0 aliphatic heterocycles. The number of rotatable bonds is 4. The average molecular weight is 380 g/mol. The van der Waals surface area contributed by atoms with Crippen molar-refractivity contribution in [2.75, 3.05) is 4.90 Å². The standard InChI is InChI=1S/C24H29NOS/c1-18-12-14-20(15-13-18)24(26)25(21-10-6-3-7-11-21)22-16-23(27-17-22)19-8-4-2-5-9-19/h3,6-8,10-11,16-18,20H,2,4-5,9,12-15H2,1H3. The van der Waals surface area contributed by atoms with Gasteiger partial charge in [0.25, 0.3) is 0 Å². The molecule has 2 nitrogen and oxygen atoms in total. The van der Waals surface area contributed by atoms with Crippen molar-refractivity contribution in [2.45, 2.75) is 58.3 Å². The lowest BCUT2D eigenvalue weighted by atomic mass is 9.82. The summed E-state index contributed by atoms with van der Waals surface area (Å²) in [6.45, 7) is 2.30. The van der Waals surface area contributed by atoms with E-state index in [1.165, 1.54) is 49.0 Å². The van der Waals surface area contributed by atoms with Crippen LogP contribution in [0.2, 0.25) is 0 Å². The Morgan fingerprint density at radius 3 is 2.52 bits per heavy atom. The fourth-order valence-corrected chi connectivity index (χ4v) is 5.29. The third-order valence-electron chi connectivity index (χ3n) is 6.05. The molecule has 2 aliphatic carbocycles. The van der Waals surface area contributed by atoms with E-state index >= 15 is 0 Å². The second-order valence-corrected chi connectivity index (χ2v) is 9.02. The lowest BCUT2D eigenvalue weighted by Crippen LogP contribution is -2.34. The van der Waals surface area contributed by atoms with E-state index in [-0.39, 0.29) is 11.8 Å². The van der Waals surface area contributed by atoms with Crippen LogP contribution < -0.4 is 4.90 Å². The van der Waals surface area contributed by atoms with Gasteiger partial charge in [0.15, 0.2) is 0 Å². The fraction of sp³-hybridized carbons (Fsp3) is 0.458. The second-order valence-electron chi connectivity index (χ2n) is 8.11. The molecular weight excluding hydrogens is 350 g/mol. The number of para-hydroxylation sites is 1. The van der Waals surface area contributed by atoms with E-state index in [0.717, 1.165) is 30.1 Å². The summed E-state index contributed by atoms with van der Waals surface area (Å²) in [6, 6.07) is 12.4. The summed E-state index contributed by atoms with van der Waals surface area (Å²) in [5, 5.41) is 2.17. The number of nitrogens with zero attached hydrogens (tertiary/aromatic N) is 1. The van der Waals surface area contributed by atoms with E-state index in [0.29, 0.717) is 0 Å². The van der Waals surface area contributed by atoms with Crippen molar-refractivity contribution < 1.29 is 4.79 Å². The molecule has 0 saturated heterocycles. The van der Waals surface area contributed by atoms with Crippen molar-refractivity contribution in [1.82, 2.24) is 0 Å². The number of hydrogen-bond donors (Lipinski definition) is 0. The molecule has 4 rings (SSSR count). The van der Waals surface area contributed by atoms with Gasteiger partial charge in [0.05, 0.1) is 5.69 Å². The largest absolute Gasteiger partial charge is 0.280 e. The van der Waals surface area contributed by atoms with Gasteiger partial charge in [0.1, 0.15) is 0 Å². The molecule has 0 spiro atoms. The number of hydrogen-bond acceptors (Lipinski definition) is 2. The van der Waals surface area contributed by atoms with Gasteiger partial charge in [-0.15, -0.1) is 11.3 Å². The van der Waals surface area contributed by atoms with Crippen LogP contribution in [0.1, 0.15) is 63.2 Å². The molecule has 1 aromatic heterocycles. The molecule has 0 unspecified atom stereocenters. The minimum Gasteiger partial charge on any atom is -0.280 e. The summed E-state index contributed by atoms with van der Waals surface area (Å²) in [6.07, 6.45) is 11.7. The molecule has 2 aliphatic rings. The van der Waals surface area contributed by atoms with Gasteiger partial charge in [-0.3, -0.25) is 9.69 Å². The number of anilines is 2. The van der Waals surface area contributed by atoms with Crippen molar-refractivity contribution in [3.8, 4) is 0 Å². The van der Waals surface area contributed by atoms with Crippen molar-refractivity contribution in [1.29, 1.82) is 0 Å². The molecule has 1 aromatic carbocycles. The molecule has 1 fully saturated rings. The highest BCUT2D eigenvalue weighted by atomic mass is 32.1. The number of allylic oxidation sites excluding steroid dienone is 2. The Morgan fingerprint density at radius 2 is 1.81 bits per heavy atom. The molecule has 2 aromatic rings. The second kappa shape index (κ2) is 8.43. The number of amides is 1. The van der Waals surface area contributed by atoms with E-state index in [1.807, 2.05) is 23.1 Å². The van der Waals surface area contributed by atoms with E-state index in [9.17, 15) is 4.79 Å². The Balaban J connectivity index is 1.63. The monoisotopic (exact) mass is 379 g/mol. The number of benzene rings is 1. The maximum absolute atomic E-state index is 13.5. The predicted molar refractivity (Wildman–Crippen MR) is 115 cm³/mol. The highest BCUT2D eigenvalue weighted by Crippen LogP contribution is 2.39. The highest BCUT2D eigenvalue weighted by molar-refractivity contribution is 7.11. The fourth-order valence-electron chi connectivity index (χ4n) is 4.34. The summed E-state index contributed by atoms with van der Waals surface area (Å²) in [5.41, 5.74) is 3.49. The third-order valence-corrected chi connectivity index (χ3v) is 7.04. The molecule has 1 heterocycles. The molecular formula is C24H29NOS. The zero-order valence-corrected chi connectivity index (χ0v) is 17.0. The average Bonchev–Trinajstić information content (AvgIpc) is 3.20. The first-order chi connectivity index (χ1) is 13.2. The lowest BCUT2D eigenvalue weighted by molar-refractivity contribution is -0.122. The van der Waals surface area contributed by atoms with Crippen LogP contribution in [0.5, 0.6) is 0 Å². The Morgan fingerprint density at radius 1 is 1.04 bits per heavy atom. The summed E-state index contributed by atoms with van der Waals surface area (Å²) in [4.78, 5) is 16.8. The van der Waals surface area contributed by atoms with Gasteiger partial charge in [-0.1, -0.05) is 31.2 Å². The maximum Gasteiger partial charge on any atom is 0.234 e. The van der Waals surface area contributed by atoms with Crippen LogP contribution in [0, 0.1) is 11.8 Å². The Kier molecular flexibility index (Phi) is 5.77. The first-order valence-corrected chi connectivity index (χ1v) is 11.3. The van der Waals surface area contributed by atoms with Gasteiger partial charge in [0, 0.05) is 21.9 Å². The number of thiophene rings is 1. The molecule has 3 heteroatoms. The minimum absolute atomic E-state index is 0.152. The first-order valence-electron chi connectivity index (χ1n) is 10.4. The molecule has 0 radical (unpaired) electrons. The van der Waals surface area contributed by atoms with Crippen LogP contribution >= 0.6 is 11.3 Å². The first kappa shape index (κ1) is 18.5. The lowest BCUT2D eigenvalue weighted by Gasteiger charge is -2.30. The number of carbonyl (C=O) groups is 1. The predicted octanol–water partition coefficient (Wildman–Crippen LogP) is 7.20. The van der Waals surface area contributed by atoms with Crippen LogP contribution in [0.3, 0.4) is 0 Å². The summed E-state index contributed by atoms with van der Waals surface area (Å²) >= 11 is 1.78. The highest BCUT2D eigenvalue weighted by Gasteiger charge is 2.30. The minimum atomic E-state index is 0.152. The summed E-state index contributed by atoms with van der Waals surface area (Å²) in [7, 11) is 0. The van der Waals surface area contributed by atoms with Gasteiger partial charge < -0.3 is 0 Å². The van der Waals surface area contributed by atoms with Crippen molar-refractivity contribution in [3.05, 3.63) is 52.7 Å². The van der Waals surface area contributed by atoms with Crippen molar-refractivity contribution in [3.63, 3.8) is 0 Å². The van der Waals surface area contributed by atoms with E-state index in [1.54, 1.807) is 11.3 Å². The van der Waals surface area contributed by atoms with Gasteiger partial charge in [-0.25, -0.2) is 0 Å². The van der Waals surface area contributed by atoms with E-state index in [2.05, 4.69) is 36.6 Å². The topological polar surface area (TPSA) is 20.3 Å². The molecule has 142 valence electrons. The van der Waals surface area contributed by atoms with Crippen molar-refractivity contribution in [2.24, 2.45) is 11.8 Å². The van der Waals surface area contributed by atoms with E-state index in [4.69, 9.17) is 0 Å².